The molecule has 1 N–H and O–H groups in total. The minimum Gasteiger partial charge on any atom is -0.490 e. The third kappa shape index (κ3) is 3.87. The molecule has 2 aliphatic rings. The molecule has 2 aromatic rings. The van der Waals surface area contributed by atoms with Crippen molar-refractivity contribution in [1.82, 2.24) is 4.90 Å². The molecule has 2 unspecified atom stereocenters. The van der Waals surface area contributed by atoms with Gasteiger partial charge in [0, 0.05) is 31.5 Å². The maximum atomic E-state index is 12.8. The fourth-order valence-electron chi connectivity index (χ4n) is 4.40. The number of carboxylic acid groups (broad SMARTS) is 1. The normalized spacial score (nSPS) is 21.3. The number of ether oxygens (including phenoxy) is 1. The molecule has 0 spiro atoms. The van der Waals surface area contributed by atoms with E-state index in [1.54, 1.807) is 48.5 Å². The van der Waals surface area contributed by atoms with E-state index < -0.39 is 6.09 Å². The van der Waals surface area contributed by atoms with E-state index in [9.17, 15) is 19.5 Å². The summed E-state index contributed by atoms with van der Waals surface area (Å²) in [7, 11) is 0. The smallest absolute Gasteiger partial charge is 0.407 e. The second-order valence-electron chi connectivity index (χ2n) is 9.11. The molecule has 0 aliphatic carbocycles. The molecule has 0 saturated carbocycles. The predicted molar refractivity (Wildman–Crippen MR) is 116 cm³/mol. The van der Waals surface area contributed by atoms with Crippen LogP contribution in [-0.4, -0.2) is 46.6 Å². The molecule has 1 fully saturated rings. The summed E-state index contributed by atoms with van der Waals surface area (Å²) >= 11 is 0. The van der Waals surface area contributed by atoms with E-state index in [1.807, 2.05) is 20.8 Å². The van der Waals surface area contributed by atoms with E-state index in [1.165, 1.54) is 9.80 Å². The molecule has 7 nitrogen and oxygen atoms in total. The number of hydrogen-bond acceptors (Lipinski definition) is 4. The summed E-state index contributed by atoms with van der Waals surface area (Å²) in [5.41, 5.74) is 1.03. The lowest BCUT2D eigenvalue weighted by atomic mass is 9.80. The van der Waals surface area contributed by atoms with Gasteiger partial charge in [-0.05, 0) is 29.7 Å². The van der Waals surface area contributed by atoms with Crippen LogP contribution >= 0.6 is 0 Å². The van der Waals surface area contributed by atoms with E-state index in [0.717, 1.165) is 0 Å². The van der Waals surface area contributed by atoms with Crippen molar-refractivity contribution in [3.05, 3.63) is 59.7 Å². The van der Waals surface area contributed by atoms with Gasteiger partial charge in [0.05, 0.1) is 16.8 Å². The van der Waals surface area contributed by atoms with Gasteiger partial charge in [-0.1, -0.05) is 39.0 Å². The Morgan fingerprint density at radius 3 is 2.26 bits per heavy atom. The molecule has 1 saturated heterocycles. The van der Waals surface area contributed by atoms with E-state index in [2.05, 4.69) is 0 Å². The quantitative estimate of drug-likeness (QED) is 0.740. The average molecular weight is 422 g/mol. The molecule has 162 valence electrons. The number of imide groups is 1. The highest BCUT2D eigenvalue weighted by atomic mass is 16.5. The summed E-state index contributed by atoms with van der Waals surface area (Å²) in [5, 5.41) is 9.55. The first kappa shape index (κ1) is 20.9. The van der Waals surface area contributed by atoms with Gasteiger partial charge in [-0.3, -0.25) is 9.59 Å². The molecule has 2 atom stereocenters. The number of likely N-dealkylation sites (tertiary alicyclic amines) is 1. The maximum Gasteiger partial charge on any atom is 0.407 e. The largest absolute Gasteiger partial charge is 0.490 e. The number of fused-ring (bicyclic) bond motifs is 1. The standard InChI is InChI=1S/C24H26N2O5/c1-24(2,3)20-14-17(11-12-25(20)23(29)30)31-16-8-6-7-15(13-16)26-21(27)18-9-4-5-10-19(18)22(26)28/h4-10,13,17,20H,11-12,14H2,1-3H3,(H,29,30). The summed E-state index contributed by atoms with van der Waals surface area (Å²) in [4.78, 5) is 39.8. The summed E-state index contributed by atoms with van der Waals surface area (Å²) in [6.45, 7) is 6.48. The van der Waals surface area contributed by atoms with Crippen LogP contribution < -0.4 is 9.64 Å². The Kier molecular flexibility index (Phi) is 5.21. The van der Waals surface area contributed by atoms with Crippen LogP contribution in [0.25, 0.3) is 0 Å². The van der Waals surface area contributed by atoms with Crippen LogP contribution in [0.15, 0.2) is 48.5 Å². The molecule has 2 heterocycles. The third-order valence-electron chi connectivity index (χ3n) is 5.97. The number of anilines is 1. The monoisotopic (exact) mass is 422 g/mol. The van der Waals surface area contributed by atoms with Crippen LogP contribution in [0.3, 0.4) is 0 Å². The first-order valence-electron chi connectivity index (χ1n) is 10.4. The summed E-state index contributed by atoms with van der Waals surface area (Å²) in [6, 6.07) is 13.6. The molecule has 31 heavy (non-hydrogen) atoms. The van der Waals surface area contributed by atoms with Crippen LogP contribution in [0.4, 0.5) is 10.5 Å². The minimum absolute atomic E-state index is 0.155. The van der Waals surface area contributed by atoms with E-state index >= 15 is 0 Å². The lowest BCUT2D eigenvalue weighted by molar-refractivity contribution is 0.0130. The van der Waals surface area contributed by atoms with E-state index in [0.29, 0.717) is 42.0 Å². The zero-order valence-corrected chi connectivity index (χ0v) is 17.9. The number of piperidine rings is 1. The molecule has 4 rings (SSSR count). The molecule has 2 aromatic carbocycles. The summed E-state index contributed by atoms with van der Waals surface area (Å²) in [5.74, 6) is -0.142. The van der Waals surface area contributed by atoms with Crippen LogP contribution in [0.5, 0.6) is 5.75 Å². The van der Waals surface area contributed by atoms with E-state index in [-0.39, 0.29) is 29.4 Å². The van der Waals surface area contributed by atoms with Crippen molar-refractivity contribution in [3.63, 3.8) is 0 Å². The van der Waals surface area contributed by atoms with Gasteiger partial charge in [-0.25, -0.2) is 9.69 Å². The van der Waals surface area contributed by atoms with Gasteiger partial charge in [-0.15, -0.1) is 0 Å². The Morgan fingerprint density at radius 1 is 1.03 bits per heavy atom. The second-order valence-corrected chi connectivity index (χ2v) is 9.11. The van der Waals surface area contributed by atoms with Crippen molar-refractivity contribution in [1.29, 1.82) is 0 Å². The number of carbonyl (C=O) groups excluding carboxylic acids is 2. The Balaban J connectivity index is 1.53. The van der Waals surface area contributed by atoms with Crippen molar-refractivity contribution in [3.8, 4) is 5.75 Å². The van der Waals surface area contributed by atoms with Gasteiger partial charge in [0.1, 0.15) is 11.9 Å². The molecule has 7 heteroatoms. The zero-order chi connectivity index (χ0) is 22.3. The predicted octanol–water partition coefficient (Wildman–Crippen LogP) is 4.42. The van der Waals surface area contributed by atoms with Crippen molar-refractivity contribution in [2.75, 3.05) is 11.4 Å². The Bertz CT molecular complexity index is 1010. The molecule has 0 radical (unpaired) electrons. The Labute approximate surface area is 181 Å². The SMILES string of the molecule is CC(C)(C)C1CC(Oc2cccc(N3C(=O)c4ccccc4C3=O)c2)CCN1C(=O)O. The first-order valence-corrected chi connectivity index (χ1v) is 10.4. The van der Waals surface area contributed by atoms with E-state index in [4.69, 9.17) is 4.74 Å². The van der Waals surface area contributed by atoms with Gasteiger partial charge in [-0.2, -0.15) is 0 Å². The highest BCUT2D eigenvalue weighted by molar-refractivity contribution is 6.34. The third-order valence-corrected chi connectivity index (χ3v) is 5.97. The number of benzene rings is 2. The summed E-state index contributed by atoms with van der Waals surface area (Å²) in [6.07, 6.45) is 0.0895. The fraction of sp³-hybridized carbons (Fsp3) is 0.375. The van der Waals surface area contributed by atoms with Gasteiger partial charge in [0.15, 0.2) is 0 Å². The van der Waals surface area contributed by atoms with Crippen molar-refractivity contribution in [2.45, 2.75) is 45.8 Å². The molecular weight excluding hydrogens is 396 g/mol. The molecule has 2 aliphatic heterocycles. The Hall–Kier alpha value is -3.35. The molecule has 0 aromatic heterocycles. The van der Waals surface area contributed by atoms with Crippen LogP contribution in [0.1, 0.15) is 54.3 Å². The van der Waals surface area contributed by atoms with Crippen molar-refractivity contribution in [2.24, 2.45) is 5.41 Å². The number of carbonyl (C=O) groups is 3. The number of nitrogens with zero attached hydrogens (tertiary/aromatic N) is 2. The Morgan fingerprint density at radius 2 is 1.68 bits per heavy atom. The van der Waals surface area contributed by atoms with Crippen LogP contribution in [-0.2, 0) is 0 Å². The maximum absolute atomic E-state index is 12.8. The number of rotatable bonds is 3. The molecule has 0 bridgehead atoms. The van der Waals surface area contributed by atoms with Crippen LogP contribution in [0, 0.1) is 5.41 Å². The lowest BCUT2D eigenvalue weighted by Gasteiger charge is -2.44. The van der Waals surface area contributed by atoms with Gasteiger partial charge < -0.3 is 14.7 Å². The topological polar surface area (TPSA) is 87.2 Å². The highest BCUT2D eigenvalue weighted by Crippen LogP contribution is 2.35. The molecular formula is C24H26N2O5. The second kappa shape index (κ2) is 7.72. The zero-order valence-electron chi connectivity index (χ0n) is 17.9. The van der Waals surface area contributed by atoms with Crippen molar-refractivity contribution >= 4 is 23.6 Å². The summed E-state index contributed by atoms with van der Waals surface area (Å²) < 4.78 is 6.19. The van der Waals surface area contributed by atoms with Crippen LogP contribution in [0.2, 0.25) is 0 Å². The van der Waals surface area contributed by atoms with Gasteiger partial charge in [0.25, 0.3) is 11.8 Å². The van der Waals surface area contributed by atoms with Crippen molar-refractivity contribution < 1.29 is 24.2 Å². The van der Waals surface area contributed by atoms with Gasteiger partial charge >= 0.3 is 6.09 Å². The average Bonchev–Trinajstić information content (AvgIpc) is 2.98. The highest BCUT2D eigenvalue weighted by Gasteiger charge is 2.40. The minimum atomic E-state index is -0.911. The first-order chi connectivity index (χ1) is 14.7. The lowest BCUT2D eigenvalue weighted by Crippen LogP contribution is -2.53. The number of hydrogen-bond donors (Lipinski definition) is 1. The fourth-order valence-corrected chi connectivity index (χ4v) is 4.40. The number of amides is 3. The van der Waals surface area contributed by atoms with Gasteiger partial charge in [0.2, 0.25) is 0 Å². The molecule has 3 amide bonds.